The number of hydrogen-bond donors (Lipinski definition) is 2. The Kier molecular flexibility index (Phi) is 6.39. The minimum absolute atomic E-state index is 0.0334. The molecule has 3 atom stereocenters. The van der Waals surface area contributed by atoms with Gasteiger partial charge in [-0.1, -0.05) is 24.3 Å². The molecule has 0 aliphatic carbocycles. The molecule has 0 spiro atoms. The molecule has 3 rings (SSSR count). The highest BCUT2D eigenvalue weighted by Gasteiger charge is 2.44. The molecule has 0 saturated carbocycles. The number of cyclic esters (lactones) is 1. The number of ether oxygens (including phenoxy) is 2. The summed E-state index contributed by atoms with van der Waals surface area (Å²) < 4.78 is 24.4. The average Bonchev–Trinajstić information content (AvgIpc) is 2.73. The summed E-state index contributed by atoms with van der Waals surface area (Å²) in [5, 5.41) is 19.3. The van der Waals surface area contributed by atoms with Gasteiger partial charge in [0.05, 0.1) is 25.9 Å². The van der Waals surface area contributed by atoms with Crippen LogP contribution in [0.15, 0.2) is 48.5 Å². The van der Waals surface area contributed by atoms with Crippen LogP contribution in [0, 0.1) is 5.82 Å². The minimum atomic E-state index is -1.12. The Bertz CT molecular complexity index is 826. The SMILES string of the molecule is COc1ccc([C@H](C)N2CC[C@](CC(O)CO)(c3ccc(F)cc3)OC2=O)cc1. The predicted octanol–water partition coefficient (Wildman–Crippen LogP) is 3.38. The zero-order valence-electron chi connectivity index (χ0n) is 16.5. The summed E-state index contributed by atoms with van der Waals surface area (Å²) in [4.78, 5) is 14.5. The van der Waals surface area contributed by atoms with Gasteiger partial charge in [0, 0.05) is 19.4 Å². The molecule has 1 saturated heterocycles. The summed E-state index contributed by atoms with van der Waals surface area (Å²) in [5.74, 6) is 0.332. The molecule has 2 N–H and O–H groups in total. The molecule has 1 aliphatic rings. The van der Waals surface area contributed by atoms with Crippen molar-refractivity contribution >= 4 is 6.09 Å². The smallest absolute Gasteiger partial charge is 0.411 e. The quantitative estimate of drug-likeness (QED) is 0.741. The third kappa shape index (κ3) is 4.52. The van der Waals surface area contributed by atoms with Gasteiger partial charge in [0.1, 0.15) is 17.2 Å². The number of carbonyl (C=O) groups is 1. The van der Waals surface area contributed by atoms with Crippen LogP contribution in [-0.4, -0.2) is 47.6 Å². The van der Waals surface area contributed by atoms with Crippen LogP contribution in [0.4, 0.5) is 9.18 Å². The van der Waals surface area contributed by atoms with E-state index in [2.05, 4.69) is 0 Å². The van der Waals surface area contributed by atoms with Crippen molar-refractivity contribution in [3.63, 3.8) is 0 Å². The van der Waals surface area contributed by atoms with Crippen molar-refractivity contribution in [3.8, 4) is 5.75 Å². The van der Waals surface area contributed by atoms with Crippen LogP contribution >= 0.6 is 0 Å². The molecule has 1 aliphatic heterocycles. The van der Waals surface area contributed by atoms with Gasteiger partial charge in [-0.2, -0.15) is 0 Å². The van der Waals surface area contributed by atoms with Gasteiger partial charge < -0.3 is 24.6 Å². The molecular formula is C22H26FNO5. The van der Waals surface area contributed by atoms with E-state index in [4.69, 9.17) is 9.47 Å². The maximum absolute atomic E-state index is 13.4. The van der Waals surface area contributed by atoms with E-state index >= 15 is 0 Å². The number of carbonyl (C=O) groups excluding carboxylic acids is 1. The third-order valence-corrected chi connectivity index (χ3v) is 5.49. The van der Waals surface area contributed by atoms with Gasteiger partial charge in [0.15, 0.2) is 0 Å². The first kappa shape index (κ1) is 21.1. The Hall–Kier alpha value is -2.64. The fourth-order valence-electron chi connectivity index (χ4n) is 3.75. The molecule has 156 valence electrons. The molecule has 6 nitrogen and oxygen atoms in total. The highest BCUT2D eigenvalue weighted by atomic mass is 19.1. The van der Waals surface area contributed by atoms with Crippen molar-refractivity contribution in [1.29, 1.82) is 0 Å². The number of halogens is 1. The van der Waals surface area contributed by atoms with Gasteiger partial charge in [0.25, 0.3) is 0 Å². The predicted molar refractivity (Wildman–Crippen MR) is 105 cm³/mol. The number of benzene rings is 2. The molecular weight excluding hydrogens is 377 g/mol. The van der Waals surface area contributed by atoms with E-state index in [0.717, 1.165) is 11.3 Å². The average molecular weight is 403 g/mol. The first-order valence-corrected chi connectivity index (χ1v) is 9.57. The number of amides is 1. The van der Waals surface area contributed by atoms with Crippen LogP contribution in [0.25, 0.3) is 0 Å². The summed E-state index contributed by atoms with van der Waals surface area (Å²) in [6, 6.07) is 12.9. The molecule has 7 heteroatoms. The second-order valence-electron chi connectivity index (χ2n) is 7.30. The standard InChI is InChI=1S/C22H26FNO5/c1-15(16-3-9-20(28-2)10-4-16)24-12-11-22(29-21(24)27,13-19(26)14-25)17-5-7-18(23)8-6-17/h3-10,15,19,25-26H,11-14H2,1-2H3/t15-,19?,22-/m0/s1. The van der Waals surface area contributed by atoms with Gasteiger partial charge in [-0.15, -0.1) is 0 Å². The molecule has 2 aromatic carbocycles. The lowest BCUT2D eigenvalue weighted by atomic mass is 9.83. The maximum Gasteiger partial charge on any atom is 0.411 e. The summed E-state index contributed by atoms with van der Waals surface area (Å²) in [6.45, 7) is 1.85. The fraction of sp³-hybridized carbons (Fsp3) is 0.409. The van der Waals surface area contributed by atoms with Crippen molar-refractivity contribution in [2.75, 3.05) is 20.3 Å². The molecule has 1 amide bonds. The van der Waals surface area contributed by atoms with Crippen molar-refractivity contribution in [1.82, 2.24) is 4.90 Å². The highest BCUT2D eigenvalue weighted by Crippen LogP contribution is 2.40. The number of aliphatic hydroxyl groups excluding tert-OH is 2. The second kappa shape index (κ2) is 8.80. The topological polar surface area (TPSA) is 79.2 Å². The molecule has 0 aromatic heterocycles. The summed E-state index contributed by atoms with van der Waals surface area (Å²) in [5.41, 5.74) is 0.409. The van der Waals surface area contributed by atoms with Crippen LogP contribution in [0.2, 0.25) is 0 Å². The van der Waals surface area contributed by atoms with Crippen molar-refractivity contribution in [2.24, 2.45) is 0 Å². The summed E-state index contributed by atoms with van der Waals surface area (Å²) in [7, 11) is 1.59. The Morgan fingerprint density at radius 1 is 1.21 bits per heavy atom. The van der Waals surface area contributed by atoms with Crippen LogP contribution in [0.1, 0.15) is 36.9 Å². The van der Waals surface area contributed by atoms with E-state index in [1.54, 1.807) is 24.1 Å². The minimum Gasteiger partial charge on any atom is -0.497 e. The van der Waals surface area contributed by atoms with E-state index < -0.39 is 30.2 Å². The number of hydrogen-bond acceptors (Lipinski definition) is 5. The van der Waals surface area contributed by atoms with Gasteiger partial charge in [-0.05, 0) is 42.3 Å². The first-order chi connectivity index (χ1) is 13.9. The monoisotopic (exact) mass is 403 g/mol. The lowest BCUT2D eigenvalue weighted by Gasteiger charge is -2.44. The first-order valence-electron chi connectivity index (χ1n) is 9.57. The number of methoxy groups -OCH3 is 1. The third-order valence-electron chi connectivity index (χ3n) is 5.49. The molecule has 1 unspecified atom stereocenters. The highest BCUT2D eigenvalue weighted by molar-refractivity contribution is 5.70. The number of nitrogens with zero attached hydrogens (tertiary/aromatic N) is 1. The Morgan fingerprint density at radius 3 is 2.41 bits per heavy atom. The van der Waals surface area contributed by atoms with Crippen LogP contribution in [0.3, 0.4) is 0 Å². The van der Waals surface area contributed by atoms with E-state index in [0.29, 0.717) is 18.5 Å². The summed E-state index contributed by atoms with van der Waals surface area (Å²) >= 11 is 0. The lowest BCUT2D eigenvalue weighted by molar-refractivity contribution is -0.0892. The molecule has 1 heterocycles. The van der Waals surface area contributed by atoms with Crippen LogP contribution in [-0.2, 0) is 10.3 Å². The molecule has 0 radical (unpaired) electrons. The van der Waals surface area contributed by atoms with E-state index in [-0.39, 0.29) is 12.5 Å². The van der Waals surface area contributed by atoms with Crippen molar-refractivity contribution < 1.29 is 28.9 Å². The number of aliphatic hydroxyl groups is 2. The van der Waals surface area contributed by atoms with E-state index in [9.17, 15) is 19.4 Å². The Balaban J connectivity index is 1.83. The molecule has 2 aromatic rings. The fourth-order valence-corrected chi connectivity index (χ4v) is 3.75. The van der Waals surface area contributed by atoms with Crippen molar-refractivity contribution in [2.45, 2.75) is 37.5 Å². The molecule has 0 bridgehead atoms. The molecule has 1 fully saturated rings. The van der Waals surface area contributed by atoms with Crippen LogP contribution < -0.4 is 4.74 Å². The van der Waals surface area contributed by atoms with E-state index in [1.165, 1.54) is 12.1 Å². The van der Waals surface area contributed by atoms with Gasteiger partial charge in [0.2, 0.25) is 0 Å². The van der Waals surface area contributed by atoms with Crippen LogP contribution in [0.5, 0.6) is 5.75 Å². The van der Waals surface area contributed by atoms with Gasteiger partial charge >= 0.3 is 6.09 Å². The lowest BCUT2D eigenvalue weighted by Crippen LogP contribution is -2.50. The van der Waals surface area contributed by atoms with Gasteiger partial charge in [-0.3, -0.25) is 0 Å². The van der Waals surface area contributed by atoms with Crippen molar-refractivity contribution in [3.05, 3.63) is 65.5 Å². The number of rotatable bonds is 7. The van der Waals surface area contributed by atoms with E-state index in [1.807, 2.05) is 31.2 Å². The molecule has 29 heavy (non-hydrogen) atoms. The zero-order valence-corrected chi connectivity index (χ0v) is 16.5. The zero-order chi connectivity index (χ0) is 21.0. The second-order valence-corrected chi connectivity index (χ2v) is 7.30. The van der Waals surface area contributed by atoms with Gasteiger partial charge in [-0.25, -0.2) is 9.18 Å². The maximum atomic E-state index is 13.4. The Morgan fingerprint density at radius 2 is 1.86 bits per heavy atom. The largest absolute Gasteiger partial charge is 0.497 e. The Labute approximate surface area is 169 Å². The summed E-state index contributed by atoms with van der Waals surface area (Å²) in [6.07, 6.45) is -1.14. The normalized spacial score (nSPS) is 21.4.